The summed E-state index contributed by atoms with van der Waals surface area (Å²) < 4.78 is 1.10. The first-order valence-corrected chi connectivity index (χ1v) is 7.90. The highest BCUT2D eigenvalue weighted by Crippen LogP contribution is 2.40. The van der Waals surface area contributed by atoms with E-state index in [4.69, 9.17) is 0 Å². The Morgan fingerprint density at radius 3 is 2.83 bits per heavy atom. The molecule has 0 saturated heterocycles. The third kappa shape index (κ3) is 2.85. The summed E-state index contributed by atoms with van der Waals surface area (Å²) >= 11 is 5.13. The predicted octanol–water partition coefficient (Wildman–Crippen LogP) is 4.66. The molecule has 1 saturated carbocycles. The normalized spacial score (nSPS) is 16.8. The molecule has 3 heteroatoms. The Balaban J connectivity index is 1.74. The molecule has 1 heterocycles. The maximum Gasteiger partial charge on any atom is 0.0838 e. The van der Waals surface area contributed by atoms with Crippen LogP contribution in [0.25, 0.3) is 0 Å². The van der Waals surface area contributed by atoms with Crippen LogP contribution in [0, 0.1) is 0 Å². The molecule has 3 rings (SSSR count). The lowest BCUT2D eigenvalue weighted by Gasteiger charge is -2.11. The highest BCUT2D eigenvalue weighted by atomic mass is 79.9. The van der Waals surface area contributed by atoms with Crippen LogP contribution in [0.1, 0.15) is 40.9 Å². The molecule has 1 atom stereocenters. The van der Waals surface area contributed by atoms with E-state index in [9.17, 15) is 5.11 Å². The van der Waals surface area contributed by atoms with Crippen molar-refractivity contribution in [2.45, 2.75) is 31.3 Å². The van der Waals surface area contributed by atoms with Crippen molar-refractivity contribution in [2.75, 3.05) is 0 Å². The van der Waals surface area contributed by atoms with E-state index in [1.807, 2.05) is 6.07 Å². The molecule has 1 N–H and O–H groups in total. The summed E-state index contributed by atoms with van der Waals surface area (Å²) in [6.45, 7) is 0. The maximum absolute atomic E-state index is 10.3. The standard InChI is InChI=1S/C15H15BrOS/c16-13-7-14(18-9-13)8-15(17)12-3-1-2-11(6-12)10-4-5-10/h1-3,6-7,9-10,15,17H,4-5,8H2. The maximum atomic E-state index is 10.3. The van der Waals surface area contributed by atoms with Gasteiger partial charge < -0.3 is 5.11 Å². The van der Waals surface area contributed by atoms with Gasteiger partial charge in [0.25, 0.3) is 0 Å². The number of benzene rings is 1. The third-order valence-electron chi connectivity index (χ3n) is 3.36. The molecular weight excluding hydrogens is 308 g/mol. The van der Waals surface area contributed by atoms with Gasteiger partial charge in [-0.1, -0.05) is 24.3 Å². The Bertz CT molecular complexity index is 545. The van der Waals surface area contributed by atoms with Crippen molar-refractivity contribution in [1.29, 1.82) is 0 Å². The highest BCUT2D eigenvalue weighted by Gasteiger charge is 2.24. The van der Waals surface area contributed by atoms with Gasteiger partial charge in [-0.25, -0.2) is 0 Å². The lowest BCUT2D eigenvalue weighted by atomic mass is 10.0. The lowest BCUT2D eigenvalue weighted by Crippen LogP contribution is -2.01. The summed E-state index contributed by atoms with van der Waals surface area (Å²) in [5.41, 5.74) is 2.43. The zero-order valence-electron chi connectivity index (χ0n) is 9.97. The van der Waals surface area contributed by atoms with Crippen LogP contribution in [0.15, 0.2) is 40.2 Å². The first kappa shape index (κ1) is 12.4. The number of halogens is 1. The summed E-state index contributed by atoms with van der Waals surface area (Å²) in [5.74, 6) is 0.744. The molecule has 0 amide bonds. The van der Waals surface area contributed by atoms with Gasteiger partial charge in [0.2, 0.25) is 0 Å². The van der Waals surface area contributed by atoms with Crippen LogP contribution in [0.4, 0.5) is 0 Å². The van der Waals surface area contributed by atoms with Crippen molar-refractivity contribution < 1.29 is 5.11 Å². The number of rotatable bonds is 4. The third-order valence-corrected chi connectivity index (χ3v) is 5.08. The molecule has 0 radical (unpaired) electrons. The molecule has 18 heavy (non-hydrogen) atoms. The zero-order valence-corrected chi connectivity index (χ0v) is 12.4. The van der Waals surface area contributed by atoms with E-state index in [0.29, 0.717) is 6.42 Å². The second-order valence-corrected chi connectivity index (χ2v) is 6.81. The van der Waals surface area contributed by atoms with E-state index in [0.717, 1.165) is 16.0 Å². The minimum atomic E-state index is -0.394. The van der Waals surface area contributed by atoms with Crippen molar-refractivity contribution in [3.8, 4) is 0 Å². The minimum absolute atomic E-state index is 0.394. The molecule has 1 aliphatic rings. The van der Waals surface area contributed by atoms with Gasteiger partial charge in [0.1, 0.15) is 0 Å². The van der Waals surface area contributed by atoms with Gasteiger partial charge >= 0.3 is 0 Å². The largest absolute Gasteiger partial charge is 0.388 e. The SMILES string of the molecule is OC(Cc1cc(Br)cs1)c1cccc(C2CC2)c1. The number of thiophene rings is 1. The first-order chi connectivity index (χ1) is 8.72. The minimum Gasteiger partial charge on any atom is -0.388 e. The quantitative estimate of drug-likeness (QED) is 0.867. The van der Waals surface area contributed by atoms with Gasteiger partial charge in [-0.3, -0.25) is 0 Å². The van der Waals surface area contributed by atoms with E-state index in [1.165, 1.54) is 23.3 Å². The average molecular weight is 323 g/mol. The monoisotopic (exact) mass is 322 g/mol. The molecule has 0 spiro atoms. The summed E-state index contributed by atoms with van der Waals surface area (Å²) in [5, 5.41) is 12.4. The molecule has 0 aliphatic heterocycles. The van der Waals surface area contributed by atoms with Crippen LogP contribution in [0.2, 0.25) is 0 Å². The van der Waals surface area contributed by atoms with E-state index in [-0.39, 0.29) is 0 Å². The fourth-order valence-corrected chi connectivity index (χ4v) is 3.70. The Labute approximate surface area is 120 Å². The molecule has 1 aliphatic carbocycles. The first-order valence-electron chi connectivity index (χ1n) is 6.23. The molecule has 0 bridgehead atoms. The zero-order chi connectivity index (χ0) is 12.5. The van der Waals surface area contributed by atoms with Gasteiger partial charge in [-0.2, -0.15) is 0 Å². The van der Waals surface area contributed by atoms with Crippen molar-refractivity contribution in [3.63, 3.8) is 0 Å². The molecule has 1 aromatic carbocycles. The summed E-state index contributed by atoms with van der Waals surface area (Å²) in [6, 6.07) is 10.5. The average Bonchev–Trinajstić information content (AvgIpc) is 3.14. The van der Waals surface area contributed by atoms with E-state index >= 15 is 0 Å². The topological polar surface area (TPSA) is 20.2 Å². The smallest absolute Gasteiger partial charge is 0.0838 e. The summed E-state index contributed by atoms with van der Waals surface area (Å²) in [4.78, 5) is 1.21. The van der Waals surface area contributed by atoms with Crippen molar-refractivity contribution in [3.05, 3.63) is 56.2 Å². The Morgan fingerprint density at radius 2 is 2.17 bits per heavy atom. The van der Waals surface area contributed by atoms with E-state index < -0.39 is 6.10 Å². The van der Waals surface area contributed by atoms with Crippen molar-refractivity contribution in [2.24, 2.45) is 0 Å². The van der Waals surface area contributed by atoms with Gasteiger partial charge in [0.05, 0.1) is 6.10 Å². The van der Waals surface area contributed by atoms with Crippen LogP contribution in [0.5, 0.6) is 0 Å². The lowest BCUT2D eigenvalue weighted by molar-refractivity contribution is 0.179. The predicted molar refractivity (Wildman–Crippen MR) is 79.1 cm³/mol. The van der Waals surface area contributed by atoms with E-state index in [1.54, 1.807) is 11.3 Å². The van der Waals surface area contributed by atoms with Crippen LogP contribution >= 0.6 is 27.3 Å². The van der Waals surface area contributed by atoms with Crippen molar-refractivity contribution >= 4 is 27.3 Å². The highest BCUT2D eigenvalue weighted by molar-refractivity contribution is 9.10. The molecule has 1 unspecified atom stereocenters. The van der Waals surface area contributed by atoms with Crippen LogP contribution in [-0.2, 0) is 6.42 Å². The van der Waals surface area contributed by atoms with Gasteiger partial charge in [-0.05, 0) is 51.9 Å². The van der Waals surface area contributed by atoms with Crippen LogP contribution < -0.4 is 0 Å². The molecule has 1 nitrogen and oxygen atoms in total. The molecule has 2 aromatic rings. The van der Waals surface area contributed by atoms with Crippen LogP contribution in [0.3, 0.4) is 0 Å². The van der Waals surface area contributed by atoms with Gasteiger partial charge in [0.15, 0.2) is 0 Å². The molecular formula is C15H15BrOS. The number of aliphatic hydroxyl groups is 1. The second kappa shape index (κ2) is 5.16. The van der Waals surface area contributed by atoms with E-state index in [2.05, 4.69) is 45.6 Å². The number of hydrogen-bond donors (Lipinski definition) is 1. The Kier molecular flexibility index (Phi) is 3.55. The van der Waals surface area contributed by atoms with Gasteiger partial charge in [0, 0.05) is 21.2 Å². The molecule has 1 aromatic heterocycles. The second-order valence-electron chi connectivity index (χ2n) is 4.90. The van der Waals surface area contributed by atoms with Crippen LogP contribution in [-0.4, -0.2) is 5.11 Å². The summed E-state index contributed by atoms with van der Waals surface area (Å²) in [6.07, 6.45) is 2.91. The number of hydrogen-bond acceptors (Lipinski definition) is 2. The molecule has 94 valence electrons. The van der Waals surface area contributed by atoms with Crippen molar-refractivity contribution in [1.82, 2.24) is 0 Å². The fourth-order valence-electron chi connectivity index (χ4n) is 2.21. The molecule has 1 fully saturated rings. The Morgan fingerprint density at radius 1 is 1.33 bits per heavy atom. The fraction of sp³-hybridized carbons (Fsp3) is 0.333. The van der Waals surface area contributed by atoms with Gasteiger partial charge in [-0.15, -0.1) is 11.3 Å². The summed E-state index contributed by atoms with van der Waals surface area (Å²) in [7, 11) is 0. The Hall–Kier alpha value is -0.640. The number of aliphatic hydroxyl groups excluding tert-OH is 1.